The van der Waals surface area contributed by atoms with Gasteiger partial charge < -0.3 is 10.6 Å². The van der Waals surface area contributed by atoms with E-state index in [4.69, 9.17) is 0 Å². The first-order chi connectivity index (χ1) is 12.1. The predicted molar refractivity (Wildman–Crippen MR) is 103 cm³/mol. The fourth-order valence-corrected chi connectivity index (χ4v) is 3.64. The summed E-state index contributed by atoms with van der Waals surface area (Å²) in [5, 5.41) is 5.31. The molecule has 9 heteroatoms. The zero-order chi connectivity index (χ0) is 19.5. The standard InChI is InChI=1S/C17H19BrFN3O3S/c1-11-4-6-13(9-16(11)26(24,25)22(2)3)21-17(23)10-20-15-7-5-12(18)8-14(15)19/h4-9,20H,10H2,1-3H3,(H,21,23). The van der Waals surface area contributed by atoms with E-state index in [0.29, 0.717) is 15.7 Å². The molecule has 0 aliphatic heterocycles. The van der Waals surface area contributed by atoms with E-state index in [1.54, 1.807) is 25.1 Å². The van der Waals surface area contributed by atoms with Crippen molar-refractivity contribution in [3.8, 4) is 0 Å². The van der Waals surface area contributed by atoms with Crippen molar-refractivity contribution in [2.45, 2.75) is 11.8 Å². The van der Waals surface area contributed by atoms with Crippen LogP contribution in [-0.2, 0) is 14.8 Å². The second kappa shape index (κ2) is 8.15. The quantitative estimate of drug-likeness (QED) is 0.718. The number of nitrogens with one attached hydrogen (secondary N) is 2. The van der Waals surface area contributed by atoms with Gasteiger partial charge in [0.25, 0.3) is 0 Å². The normalized spacial score (nSPS) is 11.5. The number of rotatable bonds is 6. The van der Waals surface area contributed by atoms with Gasteiger partial charge in [0, 0.05) is 24.3 Å². The molecule has 140 valence electrons. The molecule has 0 atom stereocenters. The van der Waals surface area contributed by atoms with Crippen LogP contribution in [0.2, 0.25) is 0 Å². The van der Waals surface area contributed by atoms with Crippen molar-refractivity contribution in [2.24, 2.45) is 0 Å². The zero-order valence-corrected chi connectivity index (χ0v) is 16.9. The Labute approximate surface area is 160 Å². The minimum absolute atomic E-state index is 0.118. The highest BCUT2D eigenvalue weighted by Gasteiger charge is 2.20. The number of hydrogen-bond acceptors (Lipinski definition) is 4. The molecule has 0 heterocycles. The summed E-state index contributed by atoms with van der Waals surface area (Å²) in [4.78, 5) is 12.2. The van der Waals surface area contributed by atoms with Gasteiger partial charge in [0.2, 0.25) is 15.9 Å². The molecule has 26 heavy (non-hydrogen) atoms. The van der Waals surface area contributed by atoms with Crippen molar-refractivity contribution in [3.63, 3.8) is 0 Å². The Kier molecular flexibility index (Phi) is 6.38. The third-order valence-corrected chi connectivity index (χ3v) is 6.05. The van der Waals surface area contributed by atoms with Crippen LogP contribution in [0.25, 0.3) is 0 Å². The Balaban J connectivity index is 2.10. The first-order valence-electron chi connectivity index (χ1n) is 7.63. The summed E-state index contributed by atoms with van der Waals surface area (Å²) in [6, 6.07) is 9.10. The monoisotopic (exact) mass is 443 g/mol. The van der Waals surface area contributed by atoms with Crippen LogP contribution in [0, 0.1) is 12.7 Å². The highest BCUT2D eigenvalue weighted by molar-refractivity contribution is 9.10. The third kappa shape index (κ3) is 4.80. The Bertz CT molecular complexity index is 933. The maximum Gasteiger partial charge on any atom is 0.243 e. The summed E-state index contributed by atoms with van der Waals surface area (Å²) in [7, 11) is -0.736. The smallest absolute Gasteiger partial charge is 0.243 e. The second-order valence-corrected chi connectivity index (χ2v) is 8.83. The maximum absolute atomic E-state index is 13.7. The van der Waals surface area contributed by atoms with E-state index >= 15 is 0 Å². The van der Waals surface area contributed by atoms with Crippen LogP contribution in [0.3, 0.4) is 0 Å². The Morgan fingerprint density at radius 1 is 1.19 bits per heavy atom. The fourth-order valence-electron chi connectivity index (χ4n) is 2.17. The van der Waals surface area contributed by atoms with Gasteiger partial charge >= 0.3 is 0 Å². The summed E-state index contributed by atoms with van der Waals surface area (Å²) in [5.74, 6) is -0.911. The van der Waals surface area contributed by atoms with Gasteiger partial charge in [-0.15, -0.1) is 0 Å². The lowest BCUT2D eigenvalue weighted by molar-refractivity contribution is -0.114. The molecule has 0 spiro atoms. The molecule has 6 nitrogen and oxygen atoms in total. The van der Waals surface area contributed by atoms with E-state index < -0.39 is 21.7 Å². The molecule has 1 amide bonds. The Morgan fingerprint density at radius 2 is 1.88 bits per heavy atom. The molecule has 0 radical (unpaired) electrons. The summed E-state index contributed by atoms with van der Waals surface area (Å²) in [6.45, 7) is 1.52. The maximum atomic E-state index is 13.7. The molecule has 2 rings (SSSR count). The van der Waals surface area contributed by atoms with Gasteiger partial charge in [0.15, 0.2) is 0 Å². The number of carbonyl (C=O) groups is 1. The number of nitrogens with zero attached hydrogens (tertiary/aromatic N) is 1. The lowest BCUT2D eigenvalue weighted by atomic mass is 10.2. The van der Waals surface area contributed by atoms with Crippen molar-refractivity contribution >= 4 is 43.2 Å². The summed E-state index contributed by atoms with van der Waals surface area (Å²) < 4.78 is 40.1. The number of benzene rings is 2. The number of anilines is 2. The van der Waals surface area contributed by atoms with Gasteiger partial charge in [0.05, 0.1) is 17.1 Å². The van der Waals surface area contributed by atoms with E-state index in [0.717, 1.165) is 4.31 Å². The number of halogens is 2. The van der Waals surface area contributed by atoms with Crippen molar-refractivity contribution in [1.29, 1.82) is 0 Å². The number of hydrogen-bond donors (Lipinski definition) is 2. The topological polar surface area (TPSA) is 78.5 Å². The van der Waals surface area contributed by atoms with Crippen LogP contribution < -0.4 is 10.6 Å². The SMILES string of the molecule is Cc1ccc(NC(=O)CNc2ccc(Br)cc2F)cc1S(=O)(=O)N(C)C. The molecule has 0 unspecified atom stereocenters. The zero-order valence-electron chi connectivity index (χ0n) is 14.5. The van der Waals surface area contributed by atoms with Gasteiger partial charge in [-0.2, -0.15) is 0 Å². The minimum Gasteiger partial charge on any atom is -0.374 e. The molecule has 0 aliphatic carbocycles. The van der Waals surface area contributed by atoms with E-state index in [1.165, 1.54) is 32.3 Å². The number of aryl methyl sites for hydroxylation is 1. The summed E-state index contributed by atoms with van der Waals surface area (Å²) >= 11 is 3.16. The van der Waals surface area contributed by atoms with Crippen molar-refractivity contribution in [3.05, 3.63) is 52.3 Å². The number of carbonyl (C=O) groups excluding carboxylic acids is 1. The van der Waals surface area contributed by atoms with Gasteiger partial charge in [-0.1, -0.05) is 22.0 Å². The first kappa shape index (κ1) is 20.3. The highest BCUT2D eigenvalue weighted by Crippen LogP contribution is 2.23. The van der Waals surface area contributed by atoms with E-state index in [2.05, 4.69) is 26.6 Å². The largest absolute Gasteiger partial charge is 0.374 e. The Hall–Kier alpha value is -1.97. The lowest BCUT2D eigenvalue weighted by Crippen LogP contribution is -2.24. The first-order valence-corrected chi connectivity index (χ1v) is 9.86. The van der Waals surface area contributed by atoms with Crippen molar-refractivity contribution in [2.75, 3.05) is 31.3 Å². The van der Waals surface area contributed by atoms with Gasteiger partial charge in [0.1, 0.15) is 5.82 Å². The molecule has 2 aromatic rings. The van der Waals surface area contributed by atoms with Crippen molar-refractivity contribution in [1.82, 2.24) is 4.31 Å². The third-order valence-electron chi connectivity index (χ3n) is 3.60. The predicted octanol–water partition coefficient (Wildman–Crippen LogP) is 3.20. The lowest BCUT2D eigenvalue weighted by Gasteiger charge is -2.15. The van der Waals surface area contributed by atoms with E-state index in [-0.39, 0.29) is 17.1 Å². The highest BCUT2D eigenvalue weighted by atomic mass is 79.9. The van der Waals surface area contributed by atoms with Crippen LogP contribution in [0.1, 0.15) is 5.56 Å². The fraction of sp³-hybridized carbons (Fsp3) is 0.235. The van der Waals surface area contributed by atoms with Gasteiger partial charge in [-0.25, -0.2) is 17.1 Å². The van der Waals surface area contributed by atoms with Gasteiger partial charge in [-0.3, -0.25) is 4.79 Å². The van der Waals surface area contributed by atoms with Crippen LogP contribution in [0.4, 0.5) is 15.8 Å². The van der Waals surface area contributed by atoms with E-state index in [9.17, 15) is 17.6 Å². The average Bonchev–Trinajstić information content (AvgIpc) is 2.55. The minimum atomic E-state index is -3.62. The van der Waals surface area contributed by atoms with Crippen LogP contribution in [-0.4, -0.2) is 39.3 Å². The average molecular weight is 444 g/mol. The summed E-state index contributed by atoms with van der Waals surface area (Å²) in [6.07, 6.45) is 0. The molecular formula is C17H19BrFN3O3S. The number of sulfonamides is 1. The number of amides is 1. The molecular weight excluding hydrogens is 425 g/mol. The van der Waals surface area contributed by atoms with Crippen LogP contribution in [0.15, 0.2) is 45.8 Å². The Morgan fingerprint density at radius 3 is 2.50 bits per heavy atom. The molecule has 0 aliphatic rings. The van der Waals surface area contributed by atoms with E-state index in [1.807, 2.05) is 0 Å². The molecule has 0 saturated carbocycles. The van der Waals surface area contributed by atoms with Gasteiger partial charge in [-0.05, 0) is 42.8 Å². The molecule has 2 N–H and O–H groups in total. The molecule has 2 aromatic carbocycles. The van der Waals surface area contributed by atoms with Crippen LogP contribution in [0.5, 0.6) is 0 Å². The second-order valence-electron chi connectivity index (χ2n) is 5.79. The van der Waals surface area contributed by atoms with Crippen molar-refractivity contribution < 1.29 is 17.6 Å². The molecule has 0 aromatic heterocycles. The molecule has 0 fully saturated rings. The summed E-state index contributed by atoms with van der Waals surface area (Å²) in [5.41, 5.74) is 1.12. The van der Waals surface area contributed by atoms with Crippen LogP contribution >= 0.6 is 15.9 Å². The molecule has 0 saturated heterocycles. The molecule has 0 bridgehead atoms.